The number of ketones is 1. The Bertz CT molecular complexity index is 371. The van der Waals surface area contributed by atoms with Crippen molar-refractivity contribution >= 4 is 11.5 Å². The van der Waals surface area contributed by atoms with E-state index in [-0.39, 0.29) is 5.78 Å². The minimum absolute atomic E-state index is 0.174. The third-order valence-corrected chi connectivity index (χ3v) is 2.89. The van der Waals surface area contributed by atoms with Crippen LogP contribution in [0.4, 0.5) is 5.69 Å². The molecule has 0 aromatic heterocycles. The van der Waals surface area contributed by atoms with Gasteiger partial charge in [-0.15, -0.1) is 0 Å². The maximum absolute atomic E-state index is 10.8. The zero-order valence-electron chi connectivity index (χ0n) is 9.18. The number of Topliss-reactive ketones (excluding diaryl/α,β-unsaturated/α-hetero) is 1. The van der Waals surface area contributed by atoms with Gasteiger partial charge >= 0.3 is 0 Å². The minimum Gasteiger partial charge on any atom is -0.378 e. The monoisotopic (exact) mass is 203 g/mol. The molecule has 2 nitrogen and oxygen atoms in total. The van der Waals surface area contributed by atoms with Crippen LogP contribution in [-0.2, 0) is 17.6 Å². The van der Waals surface area contributed by atoms with E-state index in [1.54, 1.807) is 6.92 Å². The van der Waals surface area contributed by atoms with Crippen molar-refractivity contribution in [2.45, 2.75) is 32.6 Å². The minimum atomic E-state index is 0.174. The average molecular weight is 203 g/mol. The third kappa shape index (κ3) is 2.58. The van der Waals surface area contributed by atoms with E-state index < -0.39 is 0 Å². The Kier molecular flexibility index (Phi) is 3.05. The van der Waals surface area contributed by atoms with Gasteiger partial charge in [0.05, 0.1) is 6.54 Å². The van der Waals surface area contributed by atoms with Crippen molar-refractivity contribution in [2.24, 2.45) is 0 Å². The third-order valence-electron chi connectivity index (χ3n) is 2.89. The number of carbonyl (C=O) groups excluding carboxylic acids is 1. The Labute approximate surface area is 90.7 Å². The van der Waals surface area contributed by atoms with Gasteiger partial charge in [0.25, 0.3) is 0 Å². The van der Waals surface area contributed by atoms with Gasteiger partial charge in [-0.2, -0.15) is 0 Å². The van der Waals surface area contributed by atoms with E-state index >= 15 is 0 Å². The molecule has 1 aliphatic rings. The first-order valence-corrected chi connectivity index (χ1v) is 5.61. The summed E-state index contributed by atoms with van der Waals surface area (Å²) in [4.78, 5) is 10.8. The lowest BCUT2D eigenvalue weighted by Crippen LogP contribution is -2.11. The first-order valence-electron chi connectivity index (χ1n) is 5.61. The van der Waals surface area contributed by atoms with E-state index in [4.69, 9.17) is 0 Å². The summed E-state index contributed by atoms with van der Waals surface area (Å²) in [7, 11) is 0. The molecule has 0 spiro atoms. The molecule has 80 valence electrons. The Morgan fingerprint density at radius 3 is 2.73 bits per heavy atom. The summed E-state index contributed by atoms with van der Waals surface area (Å²) < 4.78 is 0. The molecule has 1 aromatic carbocycles. The van der Waals surface area contributed by atoms with Crippen molar-refractivity contribution in [2.75, 3.05) is 11.9 Å². The number of nitrogens with one attached hydrogen (secondary N) is 1. The smallest absolute Gasteiger partial charge is 0.148 e. The molecule has 15 heavy (non-hydrogen) atoms. The van der Waals surface area contributed by atoms with Crippen LogP contribution >= 0.6 is 0 Å². The maximum Gasteiger partial charge on any atom is 0.148 e. The molecule has 1 aromatic rings. The van der Waals surface area contributed by atoms with Crippen molar-refractivity contribution in [3.05, 3.63) is 29.3 Å². The van der Waals surface area contributed by atoms with Crippen LogP contribution in [0.5, 0.6) is 0 Å². The average Bonchev–Trinajstić information content (AvgIpc) is 2.26. The van der Waals surface area contributed by atoms with E-state index in [9.17, 15) is 4.79 Å². The first kappa shape index (κ1) is 10.2. The summed E-state index contributed by atoms with van der Waals surface area (Å²) in [5.74, 6) is 0.174. The molecule has 0 radical (unpaired) electrons. The molecule has 0 saturated heterocycles. The van der Waals surface area contributed by atoms with Gasteiger partial charge in [-0.1, -0.05) is 6.07 Å². The number of aryl methyl sites for hydroxylation is 2. The number of hydrogen-bond acceptors (Lipinski definition) is 2. The normalized spacial score (nSPS) is 14.5. The van der Waals surface area contributed by atoms with Gasteiger partial charge in [-0.3, -0.25) is 4.79 Å². The SMILES string of the molecule is CC(=O)CNc1ccc2c(c1)CCCC2. The van der Waals surface area contributed by atoms with Crippen LogP contribution in [0.2, 0.25) is 0 Å². The summed E-state index contributed by atoms with van der Waals surface area (Å²) in [5, 5.41) is 3.14. The van der Waals surface area contributed by atoms with Crippen LogP contribution in [0.25, 0.3) is 0 Å². The quantitative estimate of drug-likeness (QED) is 0.818. The second kappa shape index (κ2) is 4.47. The number of rotatable bonds is 3. The number of hydrogen-bond donors (Lipinski definition) is 1. The Hall–Kier alpha value is -1.31. The summed E-state index contributed by atoms with van der Waals surface area (Å²) in [6.07, 6.45) is 5.00. The molecule has 0 bridgehead atoms. The maximum atomic E-state index is 10.8. The molecule has 0 unspecified atom stereocenters. The number of carbonyl (C=O) groups is 1. The molecule has 0 amide bonds. The van der Waals surface area contributed by atoms with Crippen LogP contribution in [0.1, 0.15) is 30.9 Å². The molecule has 1 aliphatic carbocycles. The van der Waals surface area contributed by atoms with E-state index in [2.05, 4.69) is 23.5 Å². The molecule has 0 saturated carbocycles. The molecule has 0 fully saturated rings. The largest absolute Gasteiger partial charge is 0.378 e. The second-order valence-electron chi connectivity index (χ2n) is 4.25. The van der Waals surface area contributed by atoms with Crippen molar-refractivity contribution in [1.29, 1.82) is 0 Å². The molecule has 1 N–H and O–H groups in total. The lowest BCUT2D eigenvalue weighted by atomic mass is 9.91. The Balaban J connectivity index is 2.10. The van der Waals surface area contributed by atoms with Crippen LogP contribution in [0.15, 0.2) is 18.2 Å². The van der Waals surface area contributed by atoms with Gasteiger partial charge in [-0.25, -0.2) is 0 Å². The topological polar surface area (TPSA) is 29.1 Å². The fraction of sp³-hybridized carbons (Fsp3) is 0.462. The van der Waals surface area contributed by atoms with Gasteiger partial charge in [0.2, 0.25) is 0 Å². The highest BCUT2D eigenvalue weighted by molar-refractivity contribution is 5.80. The first-order chi connectivity index (χ1) is 7.25. The number of fused-ring (bicyclic) bond motifs is 1. The fourth-order valence-electron chi connectivity index (χ4n) is 2.07. The second-order valence-corrected chi connectivity index (χ2v) is 4.25. The molecule has 2 heteroatoms. The van der Waals surface area contributed by atoms with Crippen LogP contribution in [0.3, 0.4) is 0 Å². The number of anilines is 1. The molecular formula is C13H17NO. The molecule has 0 aliphatic heterocycles. The lowest BCUT2D eigenvalue weighted by molar-refractivity contribution is -0.115. The van der Waals surface area contributed by atoms with Crippen LogP contribution in [0, 0.1) is 0 Å². The van der Waals surface area contributed by atoms with E-state index in [1.165, 1.54) is 36.8 Å². The van der Waals surface area contributed by atoms with E-state index in [1.807, 2.05) is 0 Å². The van der Waals surface area contributed by atoms with Crippen molar-refractivity contribution < 1.29 is 4.79 Å². The zero-order valence-corrected chi connectivity index (χ0v) is 9.18. The molecule has 0 atom stereocenters. The van der Waals surface area contributed by atoms with Gasteiger partial charge in [0.15, 0.2) is 0 Å². The zero-order chi connectivity index (χ0) is 10.7. The summed E-state index contributed by atoms with van der Waals surface area (Å²) >= 11 is 0. The van der Waals surface area contributed by atoms with Crippen molar-refractivity contribution in [3.63, 3.8) is 0 Å². The highest BCUT2D eigenvalue weighted by atomic mass is 16.1. The van der Waals surface area contributed by atoms with Gasteiger partial charge in [-0.05, 0) is 55.9 Å². The Morgan fingerprint density at radius 2 is 2.00 bits per heavy atom. The van der Waals surface area contributed by atoms with E-state index in [0.29, 0.717) is 6.54 Å². The van der Waals surface area contributed by atoms with Gasteiger partial charge in [0, 0.05) is 5.69 Å². The van der Waals surface area contributed by atoms with Crippen molar-refractivity contribution in [1.82, 2.24) is 0 Å². The van der Waals surface area contributed by atoms with Crippen molar-refractivity contribution in [3.8, 4) is 0 Å². The predicted molar refractivity (Wildman–Crippen MR) is 62.3 cm³/mol. The lowest BCUT2D eigenvalue weighted by Gasteiger charge is -2.16. The molecular weight excluding hydrogens is 186 g/mol. The highest BCUT2D eigenvalue weighted by Gasteiger charge is 2.09. The van der Waals surface area contributed by atoms with Gasteiger partial charge in [0.1, 0.15) is 5.78 Å². The highest BCUT2D eigenvalue weighted by Crippen LogP contribution is 2.23. The summed E-state index contributed by atoms with van der Waals surface area (Å²) in [6, 6.07) is 6.46. The predicted octanol–water partition coefficient (Wildman–Crippen LogP) is 2.57. The van der Waals surface area contributed by atoms with Gasteiger partial charge < -0.3 is 5.32 Å². The van der Waals surface area contributed by atoms with Crippen LogP contribution in [-0.4, -0.2) is 12.3 Å². The molecule has 2 rings (SSSR count). The van der Waals surface area contributed by atoms with Crippen LogP contribution < -0.4 is 5.32 Å². The summed E-state index contributed by atoms with van der Waals surface area (Å²) in [6.45, 7) is 2.03. The Morgan fingerprint density at radius 1 is 1.27 bits per heavy atom. The number of benzene rings is 1. The summed E-state index contributed by atoms with van der Waals surface area (Å²) in [5.41, 5.74) is 4.01. The van der Waals surface area contributed by atoms with E-state index in [0.717, 1.165) is 5.69 Å². The fourth-order valence-corrected chi connectivity index (χ4v) is 2.07. The standard InChI is InChI=1S/C13H17NO/c1-10(15)9-14-13-7-6-11-4-2-3-5-12(11)8-13/h6-8,14H,2-5,9H2,1H3. The molecule has 0 heterocycles.